The summed E-state index contributed by atoms with van der Waals surface area (Å²) in [6, 6.07) is 16.0. The monoisotopic (exact) mass is 336 g/mol. The van der Waals surface area contributed by atoms with E-state index in [-0.39, 0.29) is 5.91 Å². The van der Waals surface area contributed by atoms with Crippen molar-refractivity contribution in [2.24, 2.45) is 0 Å². The molecule has 0 aliphatic carbocycles. The maximum absolute atomic E-state index is 12.8. The van der Waals surface area contributed by atoms with Crippen molar-refractivity contribution in [1.29, 1.82) is 0 Å². The first kappa shape index (κ1) is 17.1. The summed E-state index contributed by atoms with van der Waals surface area (Å²) in [5, 5.41) is 4.11. The van der Waals surface area contributed by atoms with E-state index < -0.39 is 0 Å². The maximum Gasteiger partial charge on any atom is 0.268 e. The third-order valence-electron chi connectivity index (χ3n) is 4.43. The molecule has 1 heterocycles. The third-order valence-corrected chi connectivity index (χ3v) is 4.43. The number of rotatable bonds is 6. The second-order valence-corrected chi connectivity index (χ2v) is 6.00. The molecule has 0 atom stereocenters. The van der Waals surface area contributed by atoms with Crippen molar-refractivity contribution in [2.75, 3.05) is 6.61 Å². The second-order valence-electron chi connectivity index (χ2n) is 6.00. The fourth-order valence-corrected chi connectivity index (χ4v) is 3.24. The van der Waals surface area contributed by atoms with E-state index >= 15 is 0 Å². The highest BCUT2D eigenvalue weighted by atomic mass is 16.5. The summed E-state index contributed by atoms with van der Waals surface area (Å²) in [5.41, 5.74) is 3.87. The van der Waals surface area contributed by atoms with Gasteiger partial charge in [-0.3, -0.25) is 4.79 Å². The van der Waals surface area contributed by atoms with E-state index in [1.54, 1.807) is 0 Å². The van der Waals surface area contributed by atoms with Gasteiger partial charge in [0.15, 0.2) is 0 Å². The van der Waals surface area contributed by atoms with Crippen molar-refractivity contribution >= 4 is 16.8 Å². The second kappa shape index (κ2) is 7.43. The number of nitrogens with one attached hydrogen (secondary N) is 1. The van der Waals surface area contributed by atoms with Crippen LogP contribution >= 0.6 is 0 Å². The van der Waals surface area contributed by atoms with Gasteiger partial charge in [0.1, 0.15) is 11.4 Å². The van der Waals surface area contributed by atoms with Gasteiger partial charge in [-0.1, -0.05) is 30.3 Å². The van der Waals surface area contributed by atoms with E-state index in [4.69, 9.17) is 4.74 Å². The summed E-state index contributed by atoms with van der Waals surface area (Å²) < 4.78 is 7.68. The molecular formula is C21H24N2O2. The number of carbonyl (C=O) groups excluding carboxylic acids is 1. The molecule has 130 valence electrons. The Bertz CT molecular complexity index is 882. The summed E-state index contributed by atoms with van der Waals surface area (Å²) in [6.45, 7) is 7.92. The van der Waals surface area contributed by atoms with Crippen molar-refractivity contribution in [3.63, 3.8) is 0 Å². The average molecular weight is 336 g/mol. The van der Waals surface area contributed by atoms with E-state index in [9.17, 15) is 4.79 Å². The van der Waals surface area contributed by atoms with Crippen molar-refractivity contribution in [1.82, 2.24) is 9.88 Å². The molecular weight excluding hydrogens is 312 g/mol. The zero-order chi connectivity index (χ0) is 17.8. The van der Waals surface area contributed by atoms with E-state index in [0.717, 1.165) is 40.0 Å². The molecule has 2 aromatic carbocycles. The topological polar surface area (TPSA) is 43.3 Å². The van der Waals surface area contributed by atoms with Crippen molar-refractivity contribution in [2.45, 2.75) is 33.9 Å². The number of hydrogen-bond donors (Lipinski definition) is 1. The van der Waals surface area contributed by atoms with Gasteiger partial charge < -0.3 is 14.6 Å². The van der Waals surface area contributed by atoms with Crippen LogP contribution in [0, 0.1) is 6.92 Å². The third kappa shape index (κ3) is 3.38. The van der Waals surface area contributed by atoms with Gasteiger partial charge in [0.2, 0.25) is 0 Å². The fourth-order valence-electron chi connectivity index (χ4n) is 3.24. The first-order chi connectivity index (χ1) is 12.2. The smallest absolute Gasteiger partial charge is 0.268 e. The number of benzene rings is 2. The van der Waals surface area contributed by atoms with Crippen LogP contribution in [-0.4, -0.2) is 17.1 Å². The van der Waals surface area contributed by atoms with Crippen LogP contribution in [0.4, 0.5) is 0 Å². The molecule has 25 heavy (non-hydrogen) atoms. The summed E-state index contributed by atoms with van der Waals surface area (Å²) in [6.07, 6.45) is 0. The van der Waals surface area contributed by atoms with Gasteiger partial charge in [-0.25, -0.2) is 0 Å². The van der Waals surface area contributed by atoms with Gasteiger partial charge in [-0.05, 0) is 50.1 Å². The van der Waals surface area contributed by atoms with Crippen LogP contribution in [0.1, 0.15) is 35.5 Å². The van der Waals surface area contributed by atoms with E-state index in [2.05, 4.69) is 16.8 Å². The lowest BCUT2D eigenvalue weighted by Crippen LogP contribution is -2.26. The number of aryl methyl sites for hydroxylation is 2. The predicted molar refractivity (Wildman–Crippen MR) is 101 cm³/mol. The SMILES string of the molecule is CCOc1ccc2c(c1)c(C)c(C(=O)NCc1ccccc1)n2CC. The van der Waals surface area contributed by atoms with Gasteiger partial charge in [-0.2, -0.15) is 0 Å². The minimum atomic E-state index is -0.0441. The van der Waals surface area contributed by atoms with Crippen LogP contribution in [0.15, 0.2) is 48.5 Å². The molecule has 0 radical (unpaired) electrons. The normalized spacial score (nSPS) is 10.8. The molecule has 3 rings (SSSR count). The highest BCUT2D eigenvalue weighted by Gasteiger charge is 2.19. The maximum atomic E-state index is 12.8. The lowest BCUT2D eigenvalue weighted by atomic mass is 10.1. The van der Waals surface area contributed by atoms with Crippen LogP contribution < -0.4 is 10.1 Å². The Kier molecular flexibility index (Phi) is 5.08. The first-order valence-electron chi connectivity index (χ1n) is 8.73. The molecule has 0 aliphatic heterocycles. The van der Waals surface area contributed by atoms with Gasteiger partial charge in [0, 0.05) is 24.0 Å². The molecule has 0 bridgehead atoms. The van der Waals surface area contributed by atoms with Gasteiger partial charge in [-0.15, -0.1) is 0 Å². The number of hydrogen-bond acceptors (Lipinski definition) is 2. The van der Waals surface area contributed by atoms with Crippen molar-refractivity contribution in [3.8, 4) is 5.75 Å². The lowest BCUT2D eigenvalue weighted by Gasteiger charge is -2.10. The van der Waals surface area contributed by atoms with Crippen LogP contribution in [0.25, 0.3) is 10.9 Å². The van der Waals surface area contributed by atoms with Gasteiger partial charge in [0.25, 0.3) is 5.91 Å². The number of amides is 1. The highest BCUT2D eigenvalue weighted by molar-refractivity contribution is 6.02. The average Bonchev–Trinajstić information content (AvgIpc) is 2.92. The largest absolute Gasteiger partial charge is 0.494 e. The standard InChI is InChI=1S/C21H24N2O2/c1-4-23-19-12-11-17(25-5-2)13-18(19)15(3)20(23)21(24)22-14-16-9-7-6-8-10-16/h6-13H,4-5,14H2,1-3H3,(H,22,24). The Morgan fingerprint density at radius 1 is 1.12 bits per heavy atom. The number of carbonyl (C=O) groups is 1. The minimum absolute atomic E-state index is 0.0441. The number of ether oxygens (including phenoxy) is 1. The Morgan fingerprint density at radius 3 is 2.56 bits per heavy atom. The minimum Gasteiger partial charge on any atom is -0.494 e. The molecule has 1 N–H and O–H groups in total. The van der Waals surface area contributed by atoms with Crippen LogP contribution in [-0.2, 0) is 13.1 Å². The zero-order valence-electron chi connectivity index (χ0n) is 15.0. The fraction of sp³-hybridized carbons (Fsp3) is 0.286. The lowest BCUT2D eigenvalue weighted by molar-refractivity contribution is 0.0941. The molecule has 0 unspecified atom stereocenters. The zero-order valence-corrected chi connectivity index (χ0v) is 15.0. The predicted octanol–water partition coefficient (Wildman–Crippen LogP) is 4.30. The number of nitrogens with zero attached hydrogens (tertiary/aromatic N) is 1. The summed E-state index contributed by atoms with van der Waals surface area (Å²) in [4.78, 5) is 12.8. The molecule has 0 aliphatic rings. The highest BCUT2D eigenvalue weighted by Crippen LogP contribution is 2.29. The molecule has 0 saturated heterocycles. The number of fused-ring (bicyclic) bond motifs is 1. The molecule has 3 aromatic rings. The van der Waals surface area contributed by atoms with Crippen LogP contribution in [0.2, 0.25) is 0 Å². The first-order valence-corrected chi connectivity index (χ1v) is 8.73. The van der Waals surface area contributed by atoms with Crippen molar-refractivity contribution in [3.05, 3.63) is 65.4 Å². The summed E-state index contributed by atoms with van der Waals surface area (Å²) in [5.74, 6) is 0.792. The molecule has 0 spiro atoms. The molecule has 1 amide bonds. The molecule has 4 nitrogen and oxygen atoms in total. The quantitative estimate of drug-likeness (QED) is 0.729. The Hall–Kier alpha value is -2.75. The van der Waals surface area contributed by atoms with Gasteiger partial charge in [0.05, 0.1) is 6.61 Å². The molecule has 0 saturated carbocycles. The Morgan fingerprint density at radius 2 is 1.88 bits per heavy atom. The summed E-state index contributed by atoms with van der Waals surface area (Å²) >= 11 is 0. The molecule has 4 heteroatoms. The molecule has 0 fully saturated rings. The Labute approximate surface area is 148 Å². The number of aromatic nitrogens is 1. The van der Waals surface area contributed by atoms with E-state index in [1.165, 1.54) is 0 Å². The van der Waals surface area contributed by atoms with E-state index in [1.807, 2.05) is 62.4 Å². The van der Waals surface area contributed by atoms with Crippen LogP contribution in [0.5, 0.6) is 5.75 Å². The van der Waals surface area contributed by atoms with Gasteiger partial charge >= 0.3 is 0 Å². The molecule has 1 aromatic heterocycles. The summed E-state index contributed by atoms with van der Waals surface area (Å²) in [7, 11) is 0. The van der Waals surface area contributed by atoms with Crippen molar-refractivity contribution < 1.29 is 9.53 Å². The van der Waals surface area contributed by atoms with Crippen LogP contribution in [0.3, 0.4) is 0 Å². The van der Waals surface area contributed by atoms with E-state index in [0.29, 0.717) is 13.2 Å². The Balaban J connectivity index is 1.94.